The van der Waals surface area contributed by atoms with Crippen molar-refractivity contribution in [3.05, 3.63) is 35.8 Å². The standard InChI is InChI=1S/C24H30F3N7O2/c1-12(2)29-23-28-10-19-21(33-23)34(16-6-4-14(5-7-16)22(36)30-13(3)11-35)24(31-19)32-20-17(26)8-15(25)9-18(20)27/h8-10,12-14,16,35H,4-7,11H2,1-3H3,(H,30,36)(H,31,32)(H,28,29,33)/t13-,14?,16?/m0/s1. The molecule has 4 rings (SSSR count). The number of fused-ring (bicyclic) bond motifs is 1. The molecule has 2 aromatic heterocycles. The third-order valence-electron chi connectivity index (χ3n) is 6.19. The molecule has 4 N–H and O–H groups in total. The lowest BCUT2D eigenvalue weighted by atomic mass is 9.85. The molecule has 1 fully saturated rings. The molecule has 1 amide bonds. The summed E-state index contributed by atoms with van der Waals surface area (Å²) in [6, 6.07) is 0.784. The number of anilines is 3. The van der Waals surface area contributed by atoms with Gasteiger partial charge in [0.05, 0.1) is 12.8 Å². The van der Waals surface area contributed by atoms with Crippen LogP contribution < -0.4 is 16.0 Å². The quantitative estimate of drug-likeness (QED) is 0.365. The van der Waals surface area contributed by atoms with Gasteiger partial charge in [0.25, 0.3) is 0 Å². The average molecular weight is 506 g/mol. The summed E-state index contributed by atoms with van der Waals surface area (Å²) in [5.74, 6) is -2.98. The summed E-state index contributed by atoms with van der Waals surface area (Å²) in [6.07, 6.45) is 3.88. The summed E-state index contributed by atoms with van der Waals surface area (Å²) in [5.41, 5.74) is 0.374. The van der Waals surface area contributed by atoms with Crippen molar-refractivity contribution in [2.75, 3.05) is 17.2 Å². The Hall–Kier alpha value is -3.41. The van der Waals surface area contributed by atoms with Crippen molar-refractivity contribution >= 4 is 34.7 Å². The molecule has 0 spiro atoms. The smallest absolute Gasteiger partial charge is 0.224 e. The fourth-order valence-electron chi connectivity index (χ4n) is 4.43. The zero-order valence-corrected chi connectivity index (χ0v) is 20.4. The van der Waals surface area contributed by atoms with Crippen molar-refractivity contribution in [3.63, 3.8) is 0 Å². The lowest BCUT2D eigenvalue weighted by Crippen LogP contribution is -2.40. The first kappa shape index (κ1) is 25.7. The number of aromatic nitrogens is 4. The van der Waals surface area contributed by atoms with Crippen molar-refractivity contribution in [1.82, 2.24) is 24.8 Å². The van der Waals surface area contributed by atoms with Crippen LogP contribution in [0.3, 0.4) is 0 Å². The summed E-state index contributed by atoms with van der Waals surface area (Å²) in [6.45, 7) is 5.49. The molecule has 1 aromatic carbocycles. The third kappa shape index (κ3) is 5.53. The largest absolute Gasteiger partial charge is 0.394 e. The number of nitrogens with zero attached hydrogens (tertiary/aromatic N) is 4. The van der Waals surface area contributed by atoms with Crippen LogP contribution in [0.1, 0.15) is 52.5 Å². The van der Waals surface area contributed by atoms with Crippen LogP contribution in [0, 0.1) is 23.4 Å². The number of aliphatic hydroxyl groups is 1. The maximum Gasteiger partial charge on any atom is 0.224 e. The summed E-state index contributed by atoms with van der Waals surface area (Å²) in [4.78, 5) is 25.9. The van der Waals surface area contributed by atoms with Gasteiger partial charge < -0.3 is 21.1 Å². The topological polar surface area (TPSA) is 117 Å². The van der Waals surface area contributed by atoms with Crippen LogP contribution in [-0.2, 0) is 4.79 Å². The molecule has 9 nitrogen and oxygen atoms in total. The second kappa shape index (κ2) is 10.7. The molecule has 1 atom stereocenters. The molecule has 0 aliphatic heterocycles. The Morgan fingerprint density at radius 3 is 2.39 bits per heavy atom. The van der Waals surface area contributed by atoms with E-state index in [2.05, 4.69) is 30.9 Å². The van der Waals surface area contributed by atoms with Gasteiger partial charge >= 0.3 is 0 Å². The van der Waals surface area contributed by atoms with E-state index in [4.69, 9.17) is 0 Å². The molecule has 36 heavy (non-hydrogen) atoms. The van der Waals surface area contributed by atoms with Crippen LogP contribution in [0.4, 0.5) is 30.8 Å². The number of hydrogen-bond acceptors (Lipinski definition) is 7. The first-order chi connectivity index (χ1) is 17.2. The first-order valence-electron chi connectivity index (χ1n) is 12.0. The summed E-state index contributed by atoms with van der Waals surface area (Å²) in [5, 5.41) is 17.8. The molecule has 0 radical (unpaired) electrons. The van der Waals surface area contributed by atoms with Gasteiger partial charge in [-0.3, -0.25) is 9.36 Å². The Morgan fingerprint density at radius 1 is 1.11 bits per heavy atom. The van der Waals surface area contributed by atoms with E-state index < -0.39 is 23.1 Å². The van der Waals surface area contributed by atoms with Gasteiger partial charge in [-0.15, -0.1) is 0 Å². The van der Waals surface area contributed by atoms with Gasteiger partial charge in [-0.05, 0) is 46.5 Å². The van der Waals surface area contributed by atoms with Crippen molar-refractivity contribution in [3.8, 4) is 0 Å². The van der Waals surface area contributed by atoms with Gasteiger partial charge in [0.15, 0.2) is 17.3 Å². The number of nitrogens with one attached hydrogen (secondary N) is 3. The van der Waals surface area contributed by atoms with Crippen LogP contribution >= 0.6 is 0 Å². The van der Waals surface area contributed by atoms with E-state index >= 15 is 0 Å². The zero-order valence-electron chi connectivity index (χ0n) is 20.4. The normalized spacial score (nSPS) is 18.9. The van der Waals surface area contributed by atoms with Crippen molar-refractivity contribution < 1.29 is 23.1 Å². The highest BCUT2D eigenvalue weighted by molar-refractivity contribution is 5.79. The van der Waals surface area contributed by atoms with Crippen molar-refractivity contribution in [2.45, 2.75) is 64.6 Å². The molecule has 194 valence electrons. The highest BCUT2D eigenvalue weighted by Crippen LogP contribution is 2.37. The van der Waals surface area contributed by atoms with E-state index in [0.717, 1.165) is 0 Å². The van der Waals surface area contributed by atoms with Gasteiger partial charge in [0, 0.05) is 36.2 Å². The van der Waals surface area contributed by atoms with Gasteiger partial charge in [-0.25, -0.2) is 23.1 Å². The lowest BCUT2D eigenvalue weighted by Gasteiger charge is -2.30. The zero-order chi connectivity index (χ0) is 26.0. The van der Waals surface area contributed by atoms with Crippen LogP contribution in [-0.4, -0.2) is 49.2 Å². The summed E-state index contributed by atoms with van der Waals surface area (Å²) < 4.78 is 44.1. The minimum atomic E-state index is -1.09. The average Bonchev–Trinajstić information content (AvgIpc) is 3.18. The Kier molecular flexibility index (Phi) is 7.62. The van der Waals surface area contributed by atoms with E-state index in [0.29, 0.717) is 54.9 Å². The molecular formula is C24H30F3N7O2. The highest BCUT2D eigenvalue weighted by atomic mass is 19.1. The predicted molar refractivity (Wildman–Crippen MR) is 129 cm³/mol. The number of halogens is 3. The van der Waals surface area contributed by atoms with Gasteiger partial charge in [0.2, 0.25) is 17.8 Å². The number of carbonyl (C=O) groups is 1. The Labute approximate surface area is 206 Å². The van der Waals surface area contributed by atoms with Crippen molar-refractivity contribution in [1.29, 1.82) is 0 Å². The van der Waals surface area contributed by atoms with Gasteiger partial charge in [0.1, 0.15) is 17.0 Å². The van der Waals surface area contributed by atoms with Crippen LogP contribution in [0.25, 0.3) is 11.2 Å². The Balaban J connectivity index is 1.67. The molecule has 12 heteroatoms. The minimum absolute atomic E-state index is 0.0779. The molecule has 1 saturated carbocycles. The second-order valence-electron chi connectivity index (χ2n) is 9.47. The molecule has 0 unspecified atom stereocenters. The number of benzene rings is 1. The Bertz CT molecular complexity index is 1220. The number of rotatable bonds is 8. The molecule has 0 saturated heterocycles. The molecule has 0 bridgehead atoms. The first-order valence-corrected chi connectivity index (χ1v) is 12.0. The molecule has 3 aromatic rings. The third-order valence-corrected chi connectivity index (χ3v) is 6.19. The number of carbonyl (C=O) groups excluding carboxylic acids is 1. The summed E-state index contributed by atoms with van der Waals surface area (Å²) >= 11 is 0. The molecular weight excluding hydrogens is 475 g/mol. The van der Waals surface area contributed by atoms with E-state index in [-0.39, 0.29) is 42.5 Å². The maximum absolute atomic E-state index is 14.4. The fraction of sp³-hybridized carbons (Fsp3) is 0.500. The number of imidazole rings is 1. The number of hydrogen-bond donors (Lipinski definition) is 4. The van der Waals surface area contributed by atoms with Crippen LogP contribution in [0.5, 0.6) is 0 Å². The van der Waals surface area contributed by atoms with Gasteiger partial charge in [-0.2, -0.15) is 4.98 Å². The molecule has 1 aliphatic carbocycles. The predicted octanol–water partition coefficient (Wildman–Crippen LogP) is 4.04. The van der Waals surface area contributed by atoms with E-state index in [1.165, 1.54) is 6.20 Å². The molecule has 2 heterocycles. The fourth-order valence-corrected chi connectivity index (χ4v) is 4.43. The monoisotopic (exact) mass is 505 g/mol. The SMILES string of the molecule is CC(C)Nc1ncc2nc(Nc3c(F)cc(F)cc3F)n(C3CCC(C(=O)N[C@@H](C)CO)CC3)c2n1. The highest BCUT2D eigenvalue weighted by Gasteiger charge is 2.31. The number of amides is 1. The van der Waals surface area contributed by atoms with E-state index in [1.54, 1.807) is 11.5 Å². The van der Waals surface area contributed by atoms with E-state index in [9.17, 15) is 23.1 Å². The van der Waals surface area contributed by atoms with Crippen molar-refractivity contribution in [2.24, 2.45) is 5.92 Å². The Morgan fingerprint density at radius 2 is 1.78 bits per heavy atom. The number of aliphatic hydroxyl groups excluding tert-OH is 1. The second-order valence-corrected chi connectivity index (χ2v) is 9.47. The van der Waals surface area contributed by atoms with Crippen LogP contribution in [0.15, 0.2) is 18.3 Å². The maximum atomic E-state index is 14.4. The minimum Gasteiger partial charge on any atom is -0.394 e. The van der Waals surface area contributed by atoms with E-state index in [1.807, 2.05) is 13.8 Å². The lowest BCUT2D eigenvalue weighted by molar-refractivity contribution is -0.127. The van der Waals surface area contributed by atoms with Gasteiger partial charge in [-0.1, -0.05) is 0 Å². The summed E-state index contributed by atoms with van der Waals surface area (Å²) in [7, 11) is 0. The van der Waals surface area contributed by atoms with Crippen LogP contribution in [0.2, 0.25) is 0 Å². The molecule has 1 aliphatic rings.